The van der Waals surface area contributed by atoms with Crippen molar-refractivity contribution in [1.82, 2.24) is 4.90 Å². The second-order valence-corrected chi connectivity index (χ2v) is 7.48. The van der Waals surface area contributed by atoms with E-state index in [4.69, 9.17) is 9.84 Å². The van der Waals surface area contributed by atoms with E-state index in [2.05, 4.69) is 10.0 Å². The first-order valence-corrected chi connectivity index (χ1v) is 9.18. The zero-order valence-electron chi connectivity index (χ0n) is 14.6. The molecule has 0 aliphatic carbocycles. The Bertz CT molecular complexity index is 735. The highest BCUT2D eigenvalue weighted by molar-refractivity contribution is 7.92. The SMILES string of the molecule is CCS(=O)(=O)Nc1ccc(NC(=O)N(C)CC(C)C(=O)O)cc1OC. The first kappa shape index (κ1) is 20.6. The number of methoxy groups -OCH3 is 1. The Morgan fingerprint density at radius 1 is 1.36 bits per heavy atom. The van der Waals surface area contributed by atoms with Crippen molar-refractivity contribution in [1.29, 1.82) is 0 Å². The summed E-state index contributed by atoms with van der Waals surface area (Å²) in [5, 5.41) is 11.5. The molecule has 1 aromatic carbocycles. The van der Waals surface area contributed by atoms with Crippen LogP contribution in [0.4, 0.5) is 16.2 Å². The number of carboxylic acids is 1. The van der Waals surface area contributed by atoms with Gasteiger partial charge in [-0.3, -0.25) is 9.52 Å². The van der Waals surface area contributed by atoms with E-state index in [-0.39, 0.29) is 23.7 Å². The highest BCUT2D eigenvalue weighted by Crippen LogP contribution is 2.29. The molecule has 1 rings (SSSR count). The predicted molar refractivity (Wildman–Crippen MR) is 94.5 cm³/mol. The van der Waals surface area contributed by atoms with Crippen LogP contribution in [0.5, 0.6) is 5.75 Å². The van der Waals surface area contributed by atoms with Gasteiger partial charge in [0.05, 0.1) is 24.5 Å². The number of hydrogen-bond donors (Lipinski definition) is 3. The maximum Gasteiger partial charge on any atom is 0.321 e. The number of anilines is 2. The Balaban J connectivity index is 2.86. The third-order valence-electron chi connectivity index (χ3n) is 3.41. The van der Waals surface area contributed by atoms with Crippen LogP contribution < -0.4 is 14.8 Å². The zero-order chi connectivity index (χ0) is 19.2. The van der Waals surface area contributed by atoms with Gasteiger partial charge < -0.3 is 20.1 Å². The molecule has 0 saturated carbocycles. The van der Waals surface area contributed by atoms with E-state index in [1.807, 2.05) is 0 Å². The summed E-state index contributed by atoms with van der Waals surface area (Å²) in [6.45, 7) is 3.06. The number of sulfonamides is 1. The number of amides is 2. The topological polar surface area (TPSA) is 125 Å². The molecule has 0 saturated heterocycles. The number of benzene rings is 1. The maximum atomic E-state index is 12.1. The number of hydrogen-bond acceptors (Lipinski definition) is 5. The summed E-state index contributed by atoms with van der Waals surface area (Å²) in [6, 6.07) is 3.97. The minimum Gasteiger partial charge on any atom is -0.494 e. The molecule has 0 aliphatic rings. The molecule has 140 valence electrons. The lowest BCUT2D eigenvalue weighted by Gasteiger charge is -2.20. The van der Waals surface area contributed by atoms with Crippen molar-refractivity contribution < 1.29 is 27.9 Å². The molecule has 3 N–H and O–H groups in total. The number of aliphatic carboxylic acids is 1. The molecular formula is C15H23N3O6S. The van der Waals surface area contributed by atoms with Gasteiger partial charge in [0.1, 0.15) is 5.75 Å². The van der Waals surface area contributed by atoms with Crippen molar-refractivity contribution in [3.05, 3.63) is 18.2 Å². The molecule has 0 aromatic heterocycles. The molecule has 1 atom stereocenters. The quantitative estimate of drug-likeness (QED) is 0.636. The Labute approximate surface area is 147 Å². The fraction of sp³-hybridized carbons (Fsp3) is 0.467. The van der Waals surface area contributed by atoms with E-state index in [0.717, 1.165) is 0 Å². The van der Waals surface area contributed by atoms with Crippen LogP contribution in [0.25, 0.3) is 0 Å². The fourth-order valence-corrected chi connectivity index (χ4v) is 2.53. The van der Waals surface area contributed by atoms with Crippen LogP contribution in [0.15, 0.2) is 18.2 Å². The summed E-state index contributed by atoms with van der Waals surface area (Å²) in [4.78, 5) is 24.2. The predicted octanol–water partition coefficient (Wildman–Crippen LogP) is 1.64. The van der Waals surface area contributed by atoms with Crippen LogP contribution in [0.3, 0.4) is 0 Å². The number of nitrogens with one attached hydrogen (secondary N) is 2. The van der Waals surface area contributed by atoms with E-state index in [0.29, 0.717) is 5.69 Å². The summed E-state index contributed by atoms with van der Waals surface area (Å²) >= 11 is 0. The highest BCUT2D eigenvalue weighted by Gasteiger charge is 2.18. The van der Waals surface area contributed by atoms with Gasteiger partial charge in [0.25, 0.3) is 0 Å². The smallest absolute Gasteiger partial charge is 0.321 e. The van der Waals surface area contributed by atoms with E-state index in [1.54, 1.807) is 0 Å². The molecule has 1 unspecified atom stereocenters. The molecule has 0 heterocycles. The minimum atomic E-state index is -3.46. The monoisotopic (exact) mass is 373 g/mol. The summed E-state index contributed by atoms with van der Waals surface area (Å²) in [7, 11) is -0.595. The van der Waals surface area contributed by atoms with Gasteiger partial charge in [-0.2, -0.15) is 0 Å². The molecule has 1 aromatic rings. The van der Waals surface area contributed by atoms with Crippen molar-refractivity contribution in [3.63, 3.8) is 0 Å². The van der Waals surface area contributed by atoms with Crippen LogP contribution in [0.2, 0.25) is 0 Å². The minimum absolute atomic E-state index is 0.0483. The van der Waals surface area contributed by atoms with Gasteiger partial charge in [-0.25, -0.2) is 13.2 Å². The molecule has 0 radical (unpaired) electrons. The summed E-state index contributed by atoms with van der Waals surface area (Å²) < 4.78 is 30.8. The van der Waals surface area contributed by atoms with E-state index >= 15 is 0 Å². The molecule has 0 spiro atoms. The fourth-order valence-electron chi connectivity index (χ4n) is 1.88. The van der Waals surface area contributed by atoms with Crippen LogP contribution in [0, 0.1) is 5.92 Å². The van der Waals surface area contributed by atoms with Gasteiger partial charge in [-0.05, 0) is 19.1 Å². The van der Waals surface area contributed by atoms with Crippen molar-refractivity contribution >= 4 is 33.4 Å². The Hall–Kier alpha value is -2.49. The standard InChI is InChI=1S/C15H23N3O6S/c1-5-25(22,23)17-12-7-6-11(8-13(12)24-4)16-15(21)18(3)9-10(2)14(19)20/h6-8,10,17H,5,9H2,1-4H3,(H,16,21)(H,19,20). The van der Waals surface area contributed by atoms with Gasteiger partial charge in [-0.15, -0.1) is 0 Å². The van der Waals surface area contributed by atoms with Crippen molar-refractivity contribution in [3.8, 4) is 5.75 Å². The lowest BCUT2D eigenvalue weighted by Crippen LogP contribution is -2.36. The molecule has 9 nitrogen and oxygen atoms in total. The van der Waals surface area contributed by atoms with Gasteiger partial charge in [0.15, 0.2) is 0 Å². The average molecular weight is 373 g/mol. The van der Waals surface area contributed by atoms with Crippen molar-refractivity contribution in [2.45, 2.75) is 13.8 Å². The lowest BCUT2D eigenvalue weighted by atomic mass is 10.2. The largest absolute Gasteiger partial charge is 0.494 e. The molecule has 2 amide bonds. The second kappa shape index (κ2) is 8.56. The Kier molecular flexibility index (Phi) is 7.04. The highest BCUT2D eigenvalue weighted by atomic mass is 32.2. The third kappa shape index (κ3) is 6.14. The molecule has 0 fully saturated rings. The molecule has 25 heavy (non-hydrogen) atoms. The zero-order valence-corrected chi connectivity index (χ0v) is 15.4. The van der Waals surface area contributed by atoms with Crippen LogP contribution in [-0.2, 0) is 14.8 Å². The number of carbonyl (C=O) groups is 2. The molecular weight excluding hydrogens is 350 g/mol. The first-order valence-electron chi connectivity index (χ1n) is 7.53. The van der Waals surface area contributed by atoms with E-state index < -0.39 is 27.9 Å². The number of nitrogens with zero attached hydrogens (tertiary/aromatic N) is 1. The Morgan fingerprint density at radius 3 is 2.52 bits per heavy atom. The van der Waals surface area contributed by atoms with Gasteiger partial charge in [-0.1, -0.05) is 6.92 Å². The number of rotatable bonds is 8. The second-order valence-electron chi connectivity index (χ2n) is 5.47. The summed E-state index contributed by atoms with van der Waals surface area (Å²) in [6.07, 6.45) is 0. The van der Waals surface area contributed by atoms with Gasteiger partial charge in [0.2, 0.25) is 10.0 Å². The molecule has 0 bridgehead atoms. The van der Waals surface area contributed by atoms with E-state index in [9.17, 15) is 18.0 Å². The Morgan fingerprint density at radius 2 is 2.00 bits per heavy atom. The number of carbonyl (C=O) groups excluding carboxylic acids is 1. The third-order valence-corrected chi connectivity index (χ3v) is 4.71. The van der Waals surface area contributed by atoms with Crippen LogP contribution in [-0.4, -0.2) is 56.9 Å². The summed E-state index contributed by atoms with van der Waals surface area (Å²) in [5.41, 5.74) is 0.645. The number of carboxylic acid groups (broad SMARTS) is 1. The van der Waals surface area contributed by atoms with Crippen LogP contribution in [0.1, 0.15) is 13.8 Å². The number of urea groups is 1. The maximum absolute atomic E-state index is 12.1. The normalized spacial score (nSPS) is 12.2. The molecule has 0 aliphatic heterocycles. The van der Waals surface area contributed by atoms with Gasteiger partial charge in [0, 0.05) is 25.3 Å². The summed E-state index contributed by atoms with van der Waals surface area (Å²) in [5.74, 6) is -1.53. The number of ether oxygens (including phenoxy) is 1. The van der Waals surface area contributed by atoms with E-state index in [1.165, 1.54) is 51.1 Å². The average Bonchev–Trinajstić information content (AvgIpc) is 2.55. The van der Waals surface area contributed by atoms with Crippen LogP contribution >= 0.6 is 0 Å². The van der Waals surface area contributed by atoms with Crippen molar-refractivity contribution in [2.24, 2.45) is 5.92 Å². The van der Waals surface area contributed by atoms with Gasteiger partial charge >= 0.3 is 12.0 Å². The molecule has 10 heteroatoms. The van der Waals surface area contributed by atoms with Crippen molar-refractivity contribution in [2.75, 3.05) is 36.5 Å². The first-order chi connectivity index (χ1) is 11.6. The lowest BCUT2D eigenvalue weighted by molar-refractivity contribution is -0.141.